The van der Waals surface area contributed by atoms with Crippen LogP contribution in [0.1, 0.15) is 31.2 Å². The molecule has 0 aliphatic heterocycles. The molecule has 2 heterocycles. The van der Waals surface area contributed by atoms with Gasteiger partial charge in [-0.1, -0.05) is 13.8 Å². The van der Waals surface area contributed by atoms with Gasteiger partial charge >= 0.3 is 0 Å². The zero-order chi connectivity index (χ0) is 15.2. The molecule has 0 saturated carbocycles. The standard InChI is InChI=1S/C16H26N4O/c1-13(2)9-17-10-14-5-6-15(21-14)11-19(3)12-16-18-7-8-20(16)4/h5-8,13,17H,9-12H2,1-4H3. The van der Waals surface area contributed by atoms with E-state index in [2.05, 4.69) is 48.2 Å². The summed E-state index contributed by atoms with van der Waals surface area (Å²) in [5.41, 5.74) is 0. The number of hydrogen-bond acceptors (Lipinski definition) is 4. The lowest BCUT2D eigenvalue weighted by Gasteiger charge is -2.14. The van der Waals surface area contributed by atoms with Crippen molar-refractivity contribution in [2.75, 3.05) is 13.6 Å². The molecule has 0 atom stereocenters. The Labute approximate surface area is 127 Å². The predicted molar refractivity (Wildman–Crippen MR) is 83.6 cm³/mol. The fraction of sp³-hybridized carbons (Fsp3) is 0.562. The highest BCUT2D eigenvalue weighted by molar-refractivity contribution is 5.07. The first-order valence-corrected chi connectivity index (χ1v) is 7.47. The number of aryl methyl sites for hydroxylation is 1. The molecule has 21 heavy (non-hydrogen) atoms. The van der Waals surface area contributed by atoms with Crippen molar-refractivity contribution in [3.8, 4) is 0 Å². The molecule has 0 amide bonds. The molecule has 2 aromatic rings. The number of aromatic nitrogens is 2. The first kappa shape index (κ1) is 15.8. The van der Waals surface area contributed by atoms with Crippen molar-refractivity contribution in [3.05, 3.63) is 41.9 Å². The molecule has 2 aromatic heterocycles. The van der Waals surface area contributed by atoms with Crippen LogP contribution in [0.5, 0.6) is 0 Å². The van der Waals surface area contributed by atoms with Crippen molar-refractivity contribution in [1.29, 1.82) is 0 Å². The van der Waals surface area contributed by atoms with Crippen molar-refractivity contribution in [3.63, 3.8) is 0 Å². The van der Waals surface area contributed by atoms with Crippen LogP contribution in [0.4, 0.5) is 0 Å². The highest BCUT2D eigenvalue weighted by Gasteiger charge is 2.08. The predicted octanol–water partition coefficient (Wildman–Crippen LogP) is 2.39. The minimum absolute atomic E-state index is 0.656. The van der Waals surface area contributed by atoms with Crippen LogP contribution in [0.2, 0.25) is 0 Å². The fourth-order valence-electron chi connectivity index (χ4n) is 2.20. The summed E-state index contributed by atoms with van der Waals surface area (Å²) in [6.45, 7) is 7.80. The lowest BCUT2D eigenvalue weighted by molar-refractivity contribution is 0.274. The molecule has 0 aliphatic carbocycles. The second-order valence-electron chi connectivity index (χ2n) is 6.02. The Balaban J connectivity index is 1.80. The van der Waals surface area contributed by atoms with Gasteiger partial charge in [0, 0.05) is 19.4 Å². The molecule has 0 saturated heterocycles. The van der Waals surface area contributed by atoms with E-state index < -0.39 is 0 Å². The molecule has 5 nitrogen and oxygen atoms in total. The van der Waals surface area contributed by atoms with Crippen LogP contribution in [-0.4, -0.2) is 28.0 Å². The van der Waals surface area contributed by atoms with Crippen LogP contribution in [0.15, 0.2) is 28.9 Å². The minimum atomic E-state index is 0.656. The maximum absolute atomic E-state index is 5.85. The highest BCUT2D eigenvalue weighted by atomic mass is 16.3. The summed E-state index contributed by atoms with van der Waals surface area (Å²) >= 11 is 0. The van der Waals surface area contributed by atoms with Crippen LogP contribution in [-0.2, 0) is 26.7 Å². The number of rotatable bonds is 8. The SMILES string of the molecule is CC(C)CNCc1ccc(CN(C)Cc2nccn2C)o1. The molecule has 5 heteroatoms. The van der Waals surface area contributed by atoms with E-state index in [9.17, 15) is 0 Å². The van der Waals surface area contributed by atoms with E-state index in [4.69, 9.17) is 4.42 Å². The van der Waals surface area contributed by atoms with Crippen molar-refractivity contribution < 1.29 is 4.42 Å². The summed E-state index contributed by atoms with van der Waals surface area (Å²) in [6.07, 6.45) is 3.79. The van der Waals surface area contributed by atoms with E-state index in [-0.39, 0.29) is 0 Å². The summed E-state index contributed by atoms with van der Waals surface area (Å²) in [5.74, 6) is 3.70. The molecular weight excluding hydrogens is 264 g/mol. The minimum Gasteiger partial charge on any atom is -0.463 e. The van der Waals surface area contributed by atoms with Gasteiger partial charge in [0.15, 0.2) is 0 Å². The van der Waals surface area contributed by atoms with Gasteiger partial charge in [-0.25, -0.2) is 4.98 Å². The second-order valence-corrected chi connectivity index (χ2v) is 6.02. The zero-order valence-corrected chi connectivity index (χ0v) is 13.5. The Morgan fingerprint density at radius 1 is 1.29 bits per heavy atom. The summed E-state index contributed by atoms with van der Waals surface area (Å²) in [6, 6.07) is 4.11. The van der Waals surface area contributed by atoms with Gasteiger partial charge in [0.25, 0.3) is 0 Å². The maximum Gasteiger partial charge on any atom is 0.122 e. The van der Waals surface area contributed by atoms with Gasteiger partial charge in [0.1, 0.15) is 17.3 Å². The monoisotopic (exact) mass is 290 g/mol. The Morgan fingerprint density at radius 2 is 2.05 bits per heavy atom. The Bertz CT molecular complexity index is 544. The lowest BCUT2D eigenvalue weighted by atomic mass is 10.2. The molecule has 0 spiro atoms. The first-order chi connectivity index (χ1) is 10.0. The smallest absolute Gasteiger partial charge is 0.122 e. The number of nitrogens with one attached hydrogen (secondary N) is 1. The Hall–Kier alpha value is -1.59. The normalized spacial score (nSPS) is 11.7. The molecular formula is C16H26N4O. The van der Waals surface area contributed by atoms with E-state index in [0.717, 1.165) is 43.5 Å². The summed E-state index contributed by atoms with van der Waals surface area (Å²) in [5, 5.41) is 3.39. The van der Waals surface area contributed by atoms with Crippen LogP contribution in [0.25, 0.3) is 0 Å². The summed E-state index contributed by atoms with van der Waals surface area (Å²) in [7, 11) is 4.09. The average molecular weight is 290 g/mol. The molecule has 0 aromatic carbocycles. The van der Waals surface area contributed by atoms with E-state index in [1.54, 1.807) is 0 Å². The highest BCUT2D eigenvalue weighted by Crippen LogP contribution is 2.11. The van der Waals surface area contributed by atoms with E-state index in [0.29, 0.717) is 5.92 Å². The maximum atomic E-state index is 5.85. The third kappa shape index (κ3) is 5.02. The second kappa shape index (κ2) is 7.43. The fourth-order valence-corrected chi connectivity index (χ4v) is 2.20. The molecule has 0 fully saturated rings. The molecule has 116 valence electrons. The molecule has 0 unspecified atom stereocenters. The molecule has 0 radical (unpaired) electrons. The van der Waals surface area contributed by atoms with Gasteiger partial charge in [-0.15, -0.1) is 0 Å². The molecule has 0 aliphatic rings. The number of hydrogen-bond donors (Lipinski definition) is 1. The van der Waals surface area contributed by atoms with Crippen LogP contribution < -0.4 is 5.32 Å². The van der Waals surface area contributed by atoms with E-state index in [1.165, 1.54) is 0 Å². The molecule has 1 N–H and O–H groups in total. The van der Waals surface area contributed by atoms with Crippen molar-refractivity contribution >= 4 is 0 Å². The summed E-state index contributed by atoms with van der Waals surface area (Å²) < 4.78 is 7.90. The quantitative estimate of drug-likeness (QED) is 0.811. The van der Waals surface area contributed by atoms with Gasteiger partial charge in [-0.3, -0.25) is 4.90 Å². The molecule has 2 rings (SSSR count). The van der Waals surface area contributed by atoms with Crippen LogP contribution in [0.3, 0.4) is 0 Å². The van der Waals surface area contributed by atoms with E-state index >= 15 is 0 Å². The third-order valence-electron chi connectivity index (χ3n) is 3.33. The Kier molecular flexibility index (Phi) is 5.59. The lowest BCUT2D eigenvalue weighted by Crippen LogP contribution is -2.19. The van der Waals surface area contributed by atoms with Crippen molar-refractivity contribution in [2.24, 2.45) is 13.0 Å². The summed E-state index contributed by atoms with van der Waals surface area (Å²) in [4.78, 5) is 6.54. The number of nitrogens with zero attached hydrogens (tertiary/aromatic N) is 3. The van der Waals surface area contributed by atoms with Gasteiger partial charge in [-0.2, -0.15) is 0 Å². The Morgan fingerprint density at radius 3 is 2.71 bits per heavy atom. The van der Waals surface area contributed by atoms with Crippen LogP contribution >= 0.6 is 0 Å². The van der Waals surface area contributed by atoms with Gasteiger partial charge in [0.05, 0.1) is 19.6 Å². The first-order valence-electron chi connectivity index (χ1n) is 7.47. The van der Waals surface area contributed by atoms with Crippen molar-refractivity contribution in [1.82, 2.24) is 19.8 Å². The van der Waals surface area contributed by atoms with Gasteiger partial charge < -0.3 is 14.3 Å². The number of imidazole rings is 1. The van der Waals surface area contributed by atoms with E-state index in [1.807, 2.05) is 24.0 Å². The van der Waals surface area contributed by atoms with Crippen molar-refractivity contribution in [2.45, 2.75) is 33.5 Å². The topological polar surface area (TPSA) is 46.2 Å². The largest absolute Gasteiger partial charge is 0.463 e. The van der Waals surface area contributed by atoms with Gasteiger partial charge in [0.2, 0.25) is 0 Å². The van der Waals surface area contributed by atoms with Gasteiger partial charge in [-0.05, 0) is 31.6 Å². The average Bonchev–Trinajstić information content (AvgIpc) is 3.00. The number of furan rings is 1. The zero-order valence-electron chi connectivity index (χ0n) is 13.5. The molecule has 0 bridgehead atoms. The van der Waals surface area contributed by atoms with Crippen LogP contribution in [0, 0.1) is 5.92 Å². The third-order valence-corrected chi connectivity index (χ3v) is 3.33.